The molecule has 10 heavy (non-hydrogen) atoms. The zero-order chi connectivity index (χ0) is 8.20. The van der Waals surface area contributed by atoms with Crippen LogP contribution in [0.2, 0.25) is 0 Å². The van der Waals surface area contributed by atoms with Crippen LogP contribution in [-0.4, -0.2) is 0 Å². The highest BCUT2D eigenvalue weighted by Gasteiger charge is 2.16. The number of hydrogen-bond acceptors (Lipinski definition) is 0. The molecule has 0 saturated heterocycles. The fourth-order valence-corrected chi connectivity index (χ4v) is 0.989. The average Bonchev–Trinajstić information content (AvgIpc) is 1.90. The Labute approximate surface area is 64.6 Å². The van der Waals surface area contributed by atoms with E-state index in [-0.39, 0.29) is 0 Å². The third kappa shape index (κ3) is 2.02. The van der Waals surface area contributed by atoms with E-state index in [1.807, 2.05) is 6.08 Å². The second-order valence-corrected chi connectivity index (χ2v) is 3.19. The summed E-state index contributed by atoms with van der Waals surface area (Å²) in [4.78, 5) is 0. The molecule has 0 saturated carbocycles. The van der Waals surface area contributed by atoms with Gasteiger partial charge in [0.05, 0.1) is 0 Å². The molecule has 0 aliphatic rings. The minimum absolute atomic E-state index is 0.302. The minimum atomic E-state index is 0.302. The van der Waals surface area contributed by atoms with Crippen LogP contribution in [0.4, 0.5) is 0 Å². The molecule has 0 amide bonds. The first-order chi connectivity index (χ1) is 4.58. The molecule has 0 aliphatic heterocycles. The lowest BCUT2D eigenvalue weighted by Crippen LogP contribution is -2.11. The third-order valence-electron chi connectivity index (χ3n) is 2.20. The van der Waals surface area contributed by atoms with Gasteiger partial charge >= 0.3 is 0 Å². The molecule has 0 aromatic carbocycles. The lowest BCUT2D eigenvalue weighted by atomic mass is 9.82. The molecule has 0 spiro atoms. The van der Waals surface area contributed by atoms with Crippen LogP contribution in [-0.2, 0) is 0 Å². The first-order valence-corrected chi connectivity index (χ1v) is 3.87. The van der Waals surface area contributed by atoms with Crippen LogP contribution >= 0.6 is 0 Å². The molecule has 0 heterocycles. The molecule has 0 aromatic rings. The number of hydrogen-bond donors (Lipinski definition) is 0. The van der Waals surface area contributed by atoms with Crippen LogP contribution in [0.1, 0.15) is 34.1 Å². The Morgan fingerprint density at radius 2 is 2.00 bits per heavy atom. The van der Waals surface area contributed by atoms with Crippen molar-refractivity contribution in [3.63, 3.8) is 0 Å². The molecule has 0 rings (SSSR count). The fraction of sp³-hybridized carbons (Fsp3) is 0.600. The topological polar surface area (TPSA) is 0 Å². The summed E-state index contributed by atoms with van der Waals surface area (Å²) in [6.45, 7) is 12.5. The summed E-state index contributed by atoms with van der Waals surface area (Å²) in [7, 11) is 0. The van der Waals surface area contributed by atoms with E-state index < -0.39 is 0 Å². The maximum Gasteiger partial charge on any atom is -0.0110 e. The number of allylic oxidation sites excluding steroid dienone is 3. The molecule has 58 valence electrons. The standard InChI is InChI=1S/C10H18/c1-6-9(7-2)10(4,5)8-3/h6-7H,1,8H2,2-5H3. The van der Waals surface area contributed by atoms with Crippen LogP contribution < -0.4 is 0 Å². The van der Waals surface area contributed by atoms with E-state index in [4.69, 9.17) is 0 Å². The molecule has 0 N–H and O–H groups in total. The summed E-state index contributed by atoms with van der Waals surface area (Å²) in [5.41, 5.74) is 1.64. The Bertz CT molecular complexity index is 138. The highest BCUT2D eigenvalue weighted by Crippen LogP contribution is 2.29. The van der Waals surface area contributed by atoms with Gasteiger partial charge in [-0.15, -0.1) is 0 Å². The van der Waals surface area contributed by atoms with Gasteiger partial charge in [0.2, 0.25) is 0 Å². The zero-order valence-electron chi connectivity index (χ0n) is 7.57. The first kappa shape index (κ1) is 9.48. The lowest BCUT2D eigenvalue weighted by Gasteiger charge is -2.23. The Kier molecular flexibility index (Phi) is 3.41. The highest BCUT2D eigenvalue weighted by atomic mass is 14.2. The van der Waals surface area contributed by atoms with Crippen LogP contribution in [0, 0.1) is 5.41 Å². The summed E-state index contributed by atoms with van der Waals surface area (Å²) in [6.07, 6.45) is 5.25. The predicted molar refractivity (Wildman–Crippen MR) is 48.0 cm³/mol. The van der Waals surface area contributed by atoms with Crippen molar-refractivity contribution in [1.29, 1.82) is 0 Å². The van der Waals surface area contributed by atoms with Crippen molar-refractivity contribution in [2.45, 2.75) is 34.1 Å². The van der Waals surface area contributed by atoms with Crippen molar-refractivity contribution < 1.29 is 0 Å². The van der Waals surface area contributed by atoms with Crippen molar-refractivity contribution in [1.82, 2.24) is 0 Å². The van der Waals surface area contributed by atoms with E-state index in [0.29, 0.717) is 5.41 Å². The van der Waals surface area contributed by atoms with E-state index in [1.165, 1.54) is 12.0 Å². The Morgan fingerprint density at radius 3 is 2.10 bits per heavy atom. The molecule has 0 unspecified atom stereocenters. The molecule has 0 fully saturated rings. The van der Waals surface area contributed by atoms with Gasteiger partial charge in [0.15, 0.2) is 0 Å². The maximum absolute atomic E-state index is 3.78. The summed E-state index contributed by atoms with van der Waals surface area (Å²) in [5.74, 6) is 0. The summed E-state index contributed by atoms with van der Waals surface area (Å²) >= 11 is 0. The smallest absolute Gasteiger partial charge is 0.0110 e. The normalized spacial score (nSPS) is 13.4. The van der Waals surface area contributed by atoms with Crippen LogP contribution in [0.15, 0.2) is 24.3 Å². The number of rotatable bonds is 3. The molecule has 0 radical (unpaired) electrons. The van der Waals surface area contributed by atoms with Gasteiger partial charge in [0, 0.05) is 0 Å². The molecule has 0 aromatic heterocycles. The second-order valence-electron chi connectivity index (χ2n) is 3.19. The van der Waals surface area contributed by atoms with E-state index in [1.54, 1.807) is 0 Å². The van der Waals surface area contributed by atoms with Crippen LogP contribution in [0.3, 0.4) is 0 Å². The predicted octanol–water partition coefficient (Wildman–Crippen LogP) is 3.55. The first-order valence-electron chi connectivity index (χ1n) is 3.87. The van der Waals surface area contributed by atoms with Crippen molar-refractivity contribution in [3.8, 4) is 0 Å². The van der Waals surface area contributed by atoms with Crippen molar-refractivity contribution in [2.24, 2.45) is 5.41 Å². The van der Waals surface area contributed by atoms with Gasteiger partial charge in [-0.25, -0.2) is 0 Å². The quantitative estimate of drug-likeness (QED) is 0.523. The summed E-state index contributed by atoms with van der Waals surface area (Å²) < 4.78 is 0. The minimum Gasteiger partial charge on any atom is -0.0988 e. The zero-order valence-corrected chi connectivity index (χ0v) is 7.57. The Balaban J connectivity index is 4.43. The summed E-state index contributed by atoms with van der Waals surface area (Å²) in [5, 5.41) is 0. The van der Waals surface area contributed by atoms with Gasteiger partial charge in [-0.1, -0.05) is 39.5 Å². The Hall–Kier alpha value is -0.520. The molecule has 0 atom stereocenters. The highest BCUT2D eigenvalue weighted by molar-refractivity contribution is 5.22. The lowest BCUT2D eigenvalue weighted by molar-refractivity contribution is 0.439. The van der Waals surface area contributed by atoms with Gasteiger partial charge in [0.25, 0.3) is 0 Å². The summed E-state index contributed by atoms with van der Waals surface area (Å²) in [6, 6.07) is 0. The van der Waals surface area contributed by atoms with Gasteiger partial charge in [0.1, 0.15) is 0 Å². The van der Waals surface area contributed by atoms with Crippen LogP contribution in [0.5, 0.6) is 0 Å². The second kappa shape index (κ2) is 3.60. The molecule has 0 heteroatoms. The third-order valence-corrected chi connectivity index (χ3v) is 2.20. The van der Waals surface area contributed by atoms with Gasteiger partial charge in [-0.2, -0.15) is 0 Å². The van der Waals surface area contributed by atoms with Crippen molar-refractivity contribution in [3.05, 3.63) is 24.3 Å². The SMILES string of the molecule is C=CC(=CC)C(C)(C)CC. The molecular weight excluding hydrogens is 120 g/mol. The molecule has 0 nitrogen and oxygen atoms in total. The van der Waals surface area contributed by atoms with E-state index >= 15 is 0 Å². The maximum atomic E-state index is 3.78. The largest absolute Gasteiger partial charge is 0.0988 e. The van der Waals surface area contributed by atoms with Gasteiger partial charge in [-0.3, -0.25) is 0 Å². The fourth-order valence-electron chi connectivity index (χ4n) is 0.989. The molecule has 0 aliphatic carbocycles. The van der Waals surface area contributed by atoms with Gasteiger partial charge in [-0.05, 0) is 24.3 Å². The monoisotopic (exact) mass is 138 g/mol. The molecule has 0 bridgehead atoms. The molecular formula is C10H18. The van der Waals surface area contributed by atoms with E-state index in [9.17, 15) is 0 Å². The van der Waals surface area contributed by atoms with Crippen molar-refractivity contribution >= 4 is 0 Å². The van der Waals surface area contributed by atoms with Gasteiger partial charge < -0.3 is 0 Å². The average molecular weight is 138 g/mol. The Morgan fingerprint density at radius 1 is 1.50 bits per heavy atom. The van der Waals surface area contributed by atoms with Crippen LogP contribution in [0.25, 0.3) is 0 Å². The van der Waals surface area contributed by atoms with Crippen molar-refractivity contribution in [2.75, 3.05) is 0 Å². The van der Waals surface area contributed by atoms with E-state index in [2.05, 4.69) is 40.3 Å². The van der Waals surface area contributed by atoms with E-state index in [0.717, 1.165) is 0 Å².